The van der Waals surface area contributed by atoms with Gasteiger partial charge < -0.3 is 9.67 Å². The van der Waals surface area contributed by atoms with Gasteiger partial charge in [-0.1, -0.05) is 0 Å². The Balaban J connectivity index is 2.53. The Bertz CT molecular complexity index is 365. The molecule has 0 fully saturated rings. The summed E-state index contributed by atoms with van der Waals surface area (Å²) >= 11 is 0. The third-order valence-corrected chi connectivity index (χ3v) is 2.27. The highest BCUT2D eigenvalue weighted by atomic mass is 16.4. The third kappa shape index (κ3) is 1.14. The predicted octanol–water partition coefficient (Wildman–Crippen LogP) is 1.16. The van der Waals surface area contributed by atoms with E-state index in [9.17, 15) is 9.59 Å². The van der Waals surface area contributed by atoms with Gasteiger partial charge >= 0.3 is 5.97 Å². The average Bonchev–Trinajstić information content (AvgIpc) is 2.48. The molecular formula is C9H9NO3. The summed E-state index contributed by atoms with van der Waals surface area (Å²) in [7, 11) is 0. The Labute approximate surface area is 74.8 Å². The molecule has 0 saturated heterocycles. The van der Waals surface area contributed by atoms with E-state index in [0.717, 1.165) is 6.42 Å². The fourth-order valence-corrected chi connectivity index (χ4v) is 1.66. The average molecular weight is 179 g/mol. The van der Waals surface area contributed by atoms with Gasteiger partial charge in [-0.2, -0.15) is 0 Å². The minimum atomic E-state index is -0.971. The lowest BCUT2D eigenvalue weighted by atomic mass is 10.1. The normalized spacial score (nSPS) is 15.5. The number of carboxylic acid groups (broad SMARTS) is 1. The summed E-state index contributed by atoms with van der Waals surface area (Å²) in [6.07, 6.45) is 1.27. The van der Waals surface area contributed by atoms with Crippen LogP contribution < -0.4 is 0 Å². The molecular weight excluding hydrogens is 170 g/mol. The van der Waals surface area contributed by atoms with Gasteiger partial charge in [0.1, 0.15) is 5.69 Å². The van der Waals surface area contributed by atoms with Crippen molar-refractivity contribution in [2.75, 3.05) is 0 Å². The van der Waals surface area contributed by atoms with Crippen LogP contribution in [0, 0.1) is 0 Å². The van der Waals surface area contributed by atoms with Crippen molar-refractivity contribution in [3.8, 4) is 0 Å². The van der Waals surface area contributed by atoms with Crippen LogP contribution in [0.5, 0.6) is 0 Å². The molecule has 0 unspecified atom stereocenters. The first-order valence-corrected chi connectivity index (χ1v) is 4.16. The number of carbonyl (C=O) groups excluding carboxylic acids is 1. The van der Waals surface area contributed by atoms with E-state index < -0.39 is 5.97 Å². The molecule has 0 radical (unpaired) electrons. The van der Waals surface area contributed by atoms with Crippen LogP contribution in [0.4, 0.5) is 0 Å². The van der Waals surface area contributed by atoms with Gasteiger partial charge in [0, 0.05) is 13.0 Å². The fourth-order valence-electron chi connectivity index (χ4n) is 1.66. The van der Waals surface area contributed by atoms with E-state index in [-0.39, 0.29) is 11.5 Å². The van der Waals surface area contributed by atoms with Crippen LogP contribution in [0.15, 0.2) is 12.1 Å². The van der Waals surface area contributed by atoms with Crippen LogP contribution in [-0.4, -0.2) is 21.4 Å². The molecule has 1 aliphatic heterocycles. The lowest BCUT2D eigenvalue weighted by Crippen LogP contribution is -2.19. The zero-order chi connectivity index (χ0) is 9.42. The maximum absolute atomic E-state index is 11.3. The van der Waals surface area contributed by atoms with Crippen LogP contribution in [-0.2, 0) is 6.54 Å². The molecule has 1 N–H and O–H groups in total. The van der Waals surface area contributed by atoms with Crippen molar-refractivity contribution >= 4 is 11.8 Å². The molecule has 0 amide bonds. The van der Waals surface area contributed by atoms with Gasteiger partial charge in [0.2, 0.25) is 0 Å². The summed E-state index contributed by atoms with van der Waals surface area (Å²) in [5.41, 5.74) is 0.742. The smallest absolute Gasteiger partial charge is 0.352 e. The Morgan fingerprint density at radius 2 is 2.23 bits per heavy atom. The van der Waals surface area contributed by atoms with Crippen molar-refractivity contribution in [1.29, 1.82) is 0 Å². The number of hydrogen-bond acceptors (Lipinski definition) is 2. The highest BCUT2D eigenvalue weighted by Gasteiger charge is 2.21. The van der Waals surface area contributed by atoms with Crippen LogP contribution in [0.3, 0.4) is 0 Å². The Hall–Kier alpha value is -1.58. The maximum atomic E-state index is 11.3. The number of carbonyl (C=O) groups is 2. The molecule has 4 nitrogen and oxygen atoms in total. The highest BCUT2D eigenvalue weighted by Crippen LogP contribution is 2.18. The van der Waals surface area contributed by atoms with Gasteiger partial charge in [0.05, 0.1) is 5.69 Å². The molecule has 0 aliphatic carbocycles. The predicted molar refractivity (Wildman–Crippen MR) is 45.0 cm³/mol. The first kappa shape index (κ1) is 8.04. The highest BCUT2D eigenvalue weighted by molar-refractivity contribution is 5.97. The molecule has 1 aromatic rings. The molecule has 0 saturated carbocycles. The molecule has 2 rings (SSSR count). The summed E-state index contributed by atoms with van der Waals surface area (Å²) in [6, 6.07) is 3.08. The standard InChI is InChI=1S/C9H9NO3/c11-8-2-1-5-10-6(8)3-4-7(10)9(12)13/h3-4H,1-2,5H2,(H,12,13). The summed E-state index contributed by atoms with van der Waals surface area (Å²) < 4.78 is 1.58. The van der Waals surface area contributed by atoms with E-state index in [2.05, 4.69) is 0 Å². The van der Waals surface area contributed by atoms with Crippen molar-refractivity contribution in [1.82, 2.24) is 4.57 Å². The maximum Gasteiger partial charge on any atom is 0.352 e. The van der Waals surface area contributed by atoms with Crippen molar-refractivity contribution in [2.45, 2.75) is 19.4 Å². The summed E-state index contributed by atoms with van der Waals surface area (Å²) in [6.45, 7) is 0.635. The minimum absolute atomic E-state index is 0.0405. The van der Waals surface area contributed by atoms with Gasteiger partial charge in [-0.3, -0.25) is 4.79 Å². The number of aromatic nitrogens is 1. The van der Waals surface area contributed by atoms with E-state index in [1.165, 1.54) is 6.07 Å². The van der Waals surface area contributed by atoms with Crippen molar-refractivity contribution in [2.24, 2.45) is 0 Å². The van der Waals surface area contributed by atoms with Crippen LogP contribution in [0.1, 0.15) is 33.8 Å². The second kappa shape index (κ2) is 2.73. The zero-order valence-corrected chi connectivity index (χ0v) is 6.99. The number of hydrogen-bond donors (Lipinski definition) is 1. The number of nitrogens with zero attached hydrogens (tertiary/aromatic N) is 1. The zero-order valence-electron chi connectivity index (χ0n) is 6.99. The largest absolute Gasteiger partial charge is 0.477 e. The van der Waals surface area contributed by atoms with Gasteiger partial charge in [0.15, 0.2) is 5.78 Å². The van der Waals surface area contributed by atoms with Gasteiger partial charge in [-0.25, -0.2) is 4.79 Å². The molecule has 1 aliphatic rings. The van der Waals surface area contributed by atoms with Crippen LogP contribution >= 0.6 is 0 Å². The van der Waals surface area contributed by atoms with Crippen LogP contribution in [0.25, 0.3) is 0 Å². The summed E-state index contributed by atoms with van der Waals surface area (Å²) in [5, 5.41) is 8.78. The molecule has 13 heavy (non-hydrogen) atoms. The first-order valence-electron chi connectivity index (χ1n) is 4.16. The lowest BCUT2D eigenvalue weighted by Gasteiger charge is -2.15. The lowest BCUT2D eigenvalue weighted by molar-refractivity contribution is 0.0684. The number of carboxylic acids is 1. The quantitative estimate of drug-likeness (QED) is 0.703. The van der Waals surface area contributed by atoms with Gasteiger partial charge in [0.25, 0.3) is 0 Å². The van der Waals surface area contributed by atoms with E-state index in [1.54, 1.807) is 10.6 Å². The number of ketones is 1. The second-order valence-corrected chi connectivity index (χ2v) is 3.09. The van der Waals surface area contributed by atoms with Gasteiger partial charge in [-0.05, 0) is 18.6 Å². The van der Waals surface area contributed by atoms with Crippen LogP contribution in [0.2, 0.25) is 0 Å². The minimum Gasteiger partial charge on any atom is -0.477 e. The molecule has 0 bridgehead atoms. The van der Waals surface area contributed by atoms with Crippen molar-refractivity contribution < 1.29 is 14.7 Å². The van der Waals surface area contributed by atoms with Gasteiger partial charge in [-0.15, -0.1) is 0 Å². The number of fused-ring (bicyclic) bond motifs is 1. The molecule has 4 heteroatoms. The van der Waals surface area contributed by atoms with Crippen molar-refractivity contribution in [3.05, 3.63) is 23.5 Å². The SMILES string of the molecule is O=C(O)c1ccc2n1CCCC2=O. The first-order chi connectivity index (χ1) is 6.20. The molecule has 0 atom stereocenters. The topological polar surface area (TPSA) is 59.3 Å². The fraction of sp³-hybridized carbons (Fsp3) is 0.333. The molecule has 0 spiro atoms. The third-order valence-electron chi connectivity index (χ3n) is 2.27. The Kier molecular flexibility index (Phi) is 1.69. The molecule has 0 aromatic carbocycles. The van der Waals surface area contributed by atoms with E-state index in [0.29, 0.717) is 18.7 Å². The number of rotatable bonds is 1. The summed E-state index contributed by atoms with van der Waals surface area (Å²) in [5.74, 6) is -0.931. The number of aromatic carboxylic acids is 1. The Morgan fingerprint density at radius 1 is 1.46 bits per heavy atom. The molecule has 2 heterocycles. The van der Waals surface area contributed by atoms with E-state index in [1.807, 2.05) is 0 Å². The van der Waals surface area contributed by atoms with Crippen molar-refractivity contribution in [3.63, 3.8) is 0 Å². The van der Waals surface area contributed by atoms with E-state index in [4.69, 9.17) is 5.11 Å². The Morgan fingerprint density at radius 3 is 2.92 bits per heavy atom. The monoisotopic (exact) mass is 179 g/mol. The second-order valence-electron chi connectivity index (χ2n) is 3.09. The molecule has 1 aromatic heterocycles. The summed E-state index contributed by atoms with van der Waals surface area (Å²) in [4.78, 5) is 22.0. The number of Topliss-reactive ketones (excluding diaryl/α,β-unsaturated/α-hetero) is 1. The van der Waals surface area contributed by atoms with E-state index >= 15 is 0 Å². The molecule has 68 valence electrons.